The van der Waals surface area contributed by atoms with E-state index in [2.05, 4.69) is 10.6 Å². The molecule has 1 heterocycles. The minimum absolute atomic E-state index is 0.0559. The molecule has 2 aromatic carbocycles. The fraction of sp³-hybridized carbons (Fsp3) is 0.273. The molecule has 4 amide bonds. The van der Waals surface area contributed by atoms with Crippen LogP contribution in [0.4, 0.5) is 16.2 Å². The molecule has 0 saturated heterocycles. The first kappa shape index (κ1) is 19.6. The topological polar surface area (TPSA) is 116 Å². The van der Waals surface area contributed by atoms with Gasteiger partial charge in [0.05, 0.1) is 16.7 Å². The molecule has 154 valence electrons. The summed E-state index contributed by atoms with van der Waals surface area (Å²) in [5.74, 6) is -1.63. The molecular formula is C22H21N3O5. The van der Waals surface area contributed by atoms with Gasteiger partial charge in [0.15, 0.2) is 0 Å². The van der Waals surface area contributed by atoms with Crippen molar-refractivity contribution in [1.29, 1.82) is 0 Å². The Bertz CT molecular complexity index is 1030. The molecule has 0 bridgehead atoms. The highest BCUT2D eigenvalue weighted by atomic mass is 16.4. The van der Waals surface area contributed by atoms with Crippen LogP contribution in [0.15, 0.2) is 42.5 Å². The van der Waals surface area contributed by atoms with Crippen molar-refractivity contribution in [1.82, 2.24) is 4.90 Å². The number of anilines is 2. The Hall–Kier alpha value is -3.68. The second-order valence-corrected chi connectivity index (χ2v) is 7.49. The number of hydrogen-bond acceptors (Lipinski definition) is 4. The molecule has 1 aliphatic carbocycles. The third-order valence-corrected chi connectivity index (χ3v) is 5.51. The van der Waals surface area contributed by atoms with Crippen LogP contribution in [-0.4, -0.2) is 39.9 Å². The third kappa shape index (κ3) is 3.76. The summed E-state index contributed by atoms with van der Waals surface area (Å²) in [5.41, 5.74) is 1.59. The van der Waals surface area contributed by atoms with Gasteiger partial charge in [0.25, 0.3) is 11.8 Å². The molecule has 8 heteroatoms. The van der Waals surface area contributed by atoms with Crippen molar-refractivity contribution in [2.75, 3.05) is 10.6 Å². The molecule has 4 rings (SSSR count). The van der Waals surface area contributed by atoms with E-state index in [9.17, 15) is 19.2 Å². The number of benzene rings is 2. The third-order valence-electron chi connectivity index (χ3n) is 5.51. The van der Waals surface area contributed by atoms with Crippen molar-refractivity contribution in [3.63, 3.8) is 0 Å². The van der Waals surface area contributed by atoms with Crippen molar-refractivity contribution in [3.8, 4) is 0 Å². The molecule has 0 unspecified atom stereocenters. The maximum absolute atomic E-state index is 12.9. The first-order valence-corrected chi connectivity index (χ1v) is 9.87. The average Bonchev–Trinajstić information content (AvgIpc) is 2.99. The van der Waals surface area contributed by atoms with Crippen LogP contribution in [-0.2, 0) is 0 Å². The summed E-state index contributed by atoms with van der Waals surface area (Å²) in [6, 6.07) is 9.81. The van der Waals surface area contributed by atoms with Crippen molar-refractivity contribution in [2.24, 2.45) is 0 Å². The molecule has 30 heavy (non-hydrogen) atoms. The van der Waals surface area contributed by atoms with Gasteiger partial charge in [0.1, 0.15) is 0 Å². The zero-order chi connectivity index (χ0) is 21.3. The van der Waals surface area contributed by atoms with E-state index >= 15 is 0 Å². The Morgan fingerprint density at radius 2 is 1.43 bits per heavy atom. The predicted octanol–water partition coefficient (Wildman–Crippen LogP) is 3.96. The molecule has 3 N–H and O–H groups in total. The van der Waals surface area contributed by atoms with E-state index in [0.29, 0.717) is 22.5 Å². The van der Waals surface area contributed by atoms with Gasteiger partial charge in [0, 0.05) is 17.4 Å². The van der Waals surface area contributed by atoms with Crippen LogP contribution in [0.3, 0.4) is 0 Å². The molecule has 0 aromatic heterocycles. The van der Waals surface area contributed by atoms with Crippen molar-refractivity contribution in [2.45, 2.75) is 38.1 Å². The summed E-state index contributed by atoms with van der Waals surface area (Å²) < 4.78 is 0. The lowest BCUT2D eigenvalue weighted by atomic mass is 9.94. The van der Waals surface area contributed by atoms with Crippen LogP contribution >= 0.6 is 0 Å². The fourth-order valence-electron chi connectivity index (χ4n) is 4.00. The number of nitrogens with zero attached hydrogens (tertiary/aromatic N) is 1. The second kappa shape index (κ2) is 7.98. The Labute approximate surface area is 172 Å². The first-order chi connectivity index (χ1) is 14.4. The molecule has 2 aliphatic rings. The normalized spacial score (nSPS) is 16.3. The maximum atomic E-state index is 12.9. The summed E-state index contributed by atoms with van der Waals surface area (Å²) in [5, 5.41) is 14.2. The SMILES string of the molecule is O=C(Nc1ccc(C(=O)O)cc1)Nc1ccc2c(c1)C(=O)N(C1CCCCC1)C2=O. The maximum Gasteiger partial charge on any atom is 0.335 e. The Morgan fingerprint density at radius 3 is 2.10 bits per heavy atom. The van der Waals surface area contributed by atoms with E-state index in [0.717, 1.165) is 32.1 Å². The first-order valence-electron chi connectivity index (χ1n) is 9.87. The largest absolute Gasteiger partial charge is 0.478 e. The van der Waals surface area contributed by atoms with Crippen LogP contribution in [0.1, 0.15) is 63.2 Å². The van der Waals surface area contributed by atoms with Crippen LogP contribution in [0, 0.1) is 0 Å². The van der Waals surface area contributed by atoms with E-state index in [1.807, 2.05) is 0 Å². The minimum Gasteiger partial charge on any atom is -0.478 e. The number of amides is 4. The molecule has 8 nitrogen and oxygen atoms in total. The number of carbonyl (C=O) groups is 4. The van der Waals surface area contributed by atoms with Gasteiger partial charge in [-0.1, -0.05) is 19.3 Å². The quantitative estimate of drug-likeness (QED) is 0.664. The number of carbonyl (C=O) groups excluding carboxylic acids is 3. The van der Waals surface area contributed by atoms with Crippen LogP contribution in [0.25, 0.3) is 0 Å². The summed E-state index contributed by atoms with van der Waals surface area (Å²) in [4.78, 5) is 50.1. The number of aromatic carboxylic acids is 1. The Balaban J connectivity index is 1.45. The molecule has 1 fully saturated rings. The number of rotatable bonds is 4. The highest BCUT2D eigenvalue weighted by molar-refractivity contribution is 6.22. The van der Waals surface area contributed by atoms with Gasteiger partial charge in [-0.15, -0.1) is 0 Å². The molecule has 0 spiro atoms. The molecule has 2 aromatic rings. The van der Waals surface area contributed by atoms with Gasteiger partial charge in [-0.3, -0.25) is 14.5 Å². The van der Waals surface area contributed by atoms with Crippen molar-refractivity contribution in [3.05, 3.63) is 59.2 Å². The summed E-state index contributed by atoms with van der Waals surface area (Å²) >= 11 is 0. The number of nitrogens with one attached hydrogen (secondary N) is 2. The lowest BCUT2D eigenvalue weighted by Gasteiger charge is -2.29. The second-order valence-electron chi connectivity index (χ2n) is 7.49. The van der Waals surface area contributed by atoms with E-state index < -0.39 is 12.0 Å². The van der Waals surface area contributed by atoms with Gasteiger partial charge in [0.2, 0.25) is 0 Å². The zero-order valence-electron chi connectivity index (χ0n) is 16.2. The molecule has 0 radical (unpaired) electrons. The summed E-state index contributed by atoms with van der Waals surface area (Å²) in [6.07, 6.45) is 4.82. The highest BCUT2D eigenvalue weighted by Crippen LogP contribution is 2.32. The van der Waals surface area contributed by atoms with Gasteiger partial charge >= 0.3 is 12.0 Å². The number of fused-ring (bicyclic) bond motifs is 1. The van der Waals surface area contributed by atoms with E-state index in [-0.39, 0.29) is 23.4 Å². The van der Waals surface area contributed by atoms with Gasteiger partial charge < -0.3 is 15.7 Å². The Morgan fingerprint density at radius 1 is 0.833 bits per heavy atom. The average molecular weight is 407 g/mol. The molecular weight excluding hydrogens is 386 g/mol. The Kier molecular flexibility index (Phi) is 5.22. The minimum atomic E-state index is -1.05. The highest BCUT2D eigenvalue weighted by Gasteiger charge is 2.40. The lowest BCUT2D eigenvalue weighted by molar-refractivity contribution is 0.0547. The number of carboxylic acid groups (broad SMARTS) is 1. The van der Waals surface area contributed by atoms with Crippen LogP contribution in [0.5, 0.6) is 0 Å². The van der Waals surface area contributed by atoms with E-state index in [1.54, 1.807) is 12.1 Å². The summed E-state index contributed by atoms with van der Waals surface area (Å²) in [6.45, 7) is 0. The van der Waals surface area contributed by atoms with Crippen LogP contribution < -0.4 is 10.6 Å². The number of carboxylic acids is 1. The number of imide groups is 1. The predicted molar refractivity (Wildman–Crippen MR) is 110 cm³/mol. The number of hydrogen-bond donors (Lipinski definition) is 3. The fourth-order valence-corrected chi connectivity index (χ4v) is 4.00. The monoisotopic (exact) mass is 407 g/mol. The standard InChI is InChI=1S/C22H21N3O5/c26-19-17-11-10-15(12-18(17)20(27)25(19)16-4-2-1-3-5-16)24-22(30)23-14-8-6-13(7-9-14)21(28)29/h6-12,16H,1-5H2,(H,28,29)(H2,23,24,30). The summed E-state index contributed by atoms with van der Waals surface area (Å²) in [7, 11) is 0. The van der Waals surface area contributed by atoms with E-state index in [1.165, 1.54) is 35.2 Å². The van der Waals surface area contributed by atoms with Crippen molar-refractivity contribution >= 4 is 35.2 Å². The zero-order valence-corrected chi connectivity index (χ0v) is 16.2. The number of urea groups is 1. The molecule has 1 saturated carbocycles. The van der Waals surface area contributed by atoms with E-state index in [4.69, 9.17) is 5.11 Å². The van der Waals surface area contributed by atoms with Crippen molar-refractivity contribution < 1.29 is 24.3 Å². The van der Waals surface area contributed by atoms with Crippen LogP contribution in [0.2, 0.25) is 0 Å². The molecule has 0 atom stereocenters. The lowest BCUT2D eigenvalue weighted by Crippen LogP contribution is -2.40. The van der Waals surface area contributed by atoms with Gasteiger partial charge in [-0.25, -0.2) is 9.59 Å². The molecule has 1 aliphatic heterocycles. The van der Waals surface area contributed by atoms with Gasteiger partial charge in [-0.05, 0) is 55.3 Å². The smallest absolute Gasteiger partial charge is 0.335 e. The van der Waals surface area contributed by atoms with Gasteiger partial charge in [-0.2, -0.15) is 0 Å².